The normalized spacial score (nSPS) is 13.7. The summed E-state index contributed by atoms with van der Waals surface area (Å²) >= 11 is 0. The van der Waals surface area contributed by atoms with Crippen LogP contribution in [0, 0.1) is 6.92 Å². The zero-order valence-electron chi connectivity index (χ0n) is 16.7. The summed E-state index contributed by atoms with van der Waals surface area (Å²) in [4.78, 5) is 29.6. The molecule has 2 amide bonds. The molecule has 0 bridgehead atoms. The molecule has 0 unspecified atom stereocenters. The lowest BCUT2D eigenvalue weighted by molar-refractivity contribution is 0.0951. The minimum absolute atomic E-state index is 0.137. The average molecular weight is 393 g/mol. The maximum absolute atomic E-state index is 13.0. The highest BCUT2D eigenvalue weighted by atomic mass is 16.5. The van der Waals surface area contributed by atoms with Gasteiger partial charge in [-0.1, -0.05) is 31.1 Å². The molecular formula is C21H23N5O3. The Morgan fingerprint density at radius 3 is 2.93 bits per heavy atom. The van der Waals surface area contributed by atoms with Gasteiger partial charge in [0.1, 0.15) is 5.69 Å². The number of benzene rings is 1. The smallest absolute Gasteiger partial charge is 0.267 e. The number of nitrogens with zero attached hydrogens (tertiary/aromatic N) is 3. The number of hydrogen-bond acceptors (Lipinski definition) is 5. The van der Waals surface area contributed by atoms with Crippen LogP contribution < -0.4 is 10.6 Å². The second-order valence-electron chi connectivity index (χ2n) is 7.48. The molecule has 1 aliphatic rings. The van der Waals surface area contributed by atoms with E-state index in [4.69, 9.17) is 4.52 Å². The molecule has 0 fully saturated rings. The molecule has 0 radical (unpaired) electrons. The van der Waals surface area contributed by atoms with E-state index in [1.54, 1.807) is 12.3 Å². The van der Waals surface area contributed by atoms with Crippen LogP contribution in [0.3, 0.4) is 0 Å². The molecule has 0 saturated carbocycles. The summed E-state index contributed by atoms with van der Waals surface area (Å²) in [5.41, 5.74) is 3.08. The molecule has 2 aromatic heterocycles. The minimum atomic E-state index is -0.294. The fourth-order valence-electron chi connectivity index (χ4n) is 3.33. The Labute approximate surface area is 168 Å². The van der Waals surface area contributed by atoms with E-state index in [0.717, 1.165) is 12.0 Å². The molecule has 2 N–H and O–H groups in total. The van der Waals surface area contributed by atoms with Gasteiger partial charge in [0.2, 0.25) is 0 Å². The number of aryl methyl sites for hydroxylation is 2. The van der Waals surface area contributed by atoms with Crippen molar-refractivity contribution in [3.8, 4) is 11.5 Å². The van der Waals surface area contributed by atoms with Crippen molar-refractivity contribution >= 4 is 17.5 Å². The third-order valence-electron chi connectivity index (χ3n) is 4.95. The number of para-hydroxylation sites is 1. The molecule has 8 nitrogen and oxygen atoms in total. The maximum atomic E-state index is 13.0. The van der Waals surface area contributed by atoms with Crippen molar-refractivity contribution < 1.29 is 14.1 Å². The van der Waals surface area contributed by atoms with Crippen molar-refractivity contribution in [3.63, 3.8) is 0 Å². The van der Waals surface area contributed by atoms with Gasteiger partial charge in [0.15, 0.2) is 5.82 Å². The van der Waals surface area contributed by atoms with E-state index < -0.39 is 0 Å². The lowest BCUT2D eigenvalue weighted by Crippen LogP contribution is -2.22. The van der Waals surface area contributed by atoms with Gasteiger partial charge in [0.05, 0.1) is 16.8 Å². The Hall–Kier alpha value is -3.42. The number of fused-ring (bicyclic) bond motifs is 1. The number of amides is 2. The monoisotopic (exact) mass is 393 g/mol. The zero-order chi connectivity index (χ0) is 20.5. The summed E-state index contributed by atoms with van der Waals surface area (Å²) in [6, 6.07) is 7.24. The van der Waals surface area contributed by atoms with Crippen molar-refractivity contribution in [2.45, 2.75) is 39.7 Å². The SMILES string of the molecule is Cc1cccc(-c2nc(C(C)C)no2)c1NC(=O)c1cc2n(c1)CCCNC2=O. The zero-order valence-corrected chi connectivity index (χ0v) is 16.7. The second kappa shape index (κ2) is 7.54. The largest absolute Gasteiger partial charge is 0.351 e. The molecule has 0 spiro atoms. The number of carbonyl (C=O) groups is 2. The topological polar surface area (TPSA) is 102 Å². The molecule has 150 valence electrons. The van der Waals surface area contributed by atoms with E-state index in [1.807, 2.05) is 43.5 Å². The van der Waals surface area contributed by atoms with E-state index >= 15 is 0 Å². The number of carbonyl (C=O) groups excluding carboxylic acids is 2. The molecule has 0 atom stereocenters. The van der Waals surface area contributed by atoms with Crippen molar-refractivity contribution in [2.75, 3.05) is 11.9 Å². The van der Waals surface area contributed by atoms with Crippen molar-refractivity contribution in [3.05, 3.63) is 53.1 Å². The van der Waals surface area contributed by atoms with E-state index in [2.05, 4.69) is 20.8 Å². The second-order valence-corrected chi connectivity index (χ2v) is 7.48. The summed E-state index contributed by atoms with van der Waals surface area (Å²) < 4.78 is 7.24. The van der Waals surface area contributed by atoms with Crippen molar-refractivity contribution in [2.24, 2.45) is 0 Å². The number of anilines is 1. The van der Waals surface area contributed by atoms with Gasteiger partial charge in [0.25, 0.3) is 17.7 Å². The van der Waals surface area contributed by atoms with E-state index in [0.29, 0.717) is 47.3 Å². The number of rotatable bonds is 4. The van der Waals surface area contributed by atoms with Crippen LogP contribution >= 0.6 is 0 Å². The summed E-state index contributed by atoms with van der Waals surface area (Å²) in [7, 11) is 0. The Morgan fingerprint density at radius 2 is 2.17 bits per heavy atom. The molecule has 4 rings (SSSR count). The van der Waals surface area contributed by atoms with Crippen LogP contribution in [-0.4, -0.2) is 33.1 Å². The van der Waals surface area contributed by atoms with E-state index in [-0.39, 0.29) is 17.7 Å². The molecular weight excluding hydrogens is 370 g/mol. The molecule has 29 heavy (non-hydrogen) atoms. The number of nitrogens with one attached hydrogen (secondary N) is 2. The van der Waals surface area contributed by atoms with Crippen LogP contribution in [-0.2, 0) is 6.54 Å². The maximum Gasteiger partial charge on any atom is 0.267 e. The molecule has 0 saturated heterocycles. The van der Waals surface area contributed by atoms with Crippen molar-refractivity contribution in [1.82, 2.24) is 20.0 Å². The predicted octanol–water partition coefficient (Wildman–Crippen LogP) is 3.36. The van der Waals surface area contributed by atoms with E-state index in [1.165, 1.54) is 0 Å². The van der Waals surface area contributed by atoms with Crippen LogP contribution in [0.4, 0.5) is 5.69 Å². The van der Waals surface area contributed by atoms with Gasteiger partial charge in [-0.2, -0.15) is 4.98 Å². The molecule has 3 aromatic rings. The number of hydrogen-bond donors (Lipinski definition) is 2. The molecule has 8 heteroatoms. The third-order valence-corrected chi connectivity index (χ3v) is 4.95. The van der Waals surface area contributed by atoms with Gasteiger partial charge < -0.3 is 19.7 Å². The first-order valence-electron chi connectivity index (χ1n) is 9.67. The van der Waals surface area contributed by atoms with Crippen LogP contribution in [0.2, 0.25) is 0 Å². The van der Waals surface area contributed by atoms with E-state index in [9.17, 15) is 9.59 Å². The molecule has 1 aliphatic heterocycles. The molecule has 0 aliphatic carbocycles. The number of aromatic nitrogens is 3. The van der Waals surface area contributed by atoms with Crippen molar-refractivity contribution in [1.29, 1.82) is 0 Å². The minimum Gasteiger partial charge on any atom is -0.351 e. The fourth-order valence-corrected chi connectivity index (χ4v) is 3.33. The highest BCUT2D eigenvalue weighted by molar-refractivity contribution is 6.08. The van der Waals surface area contributed by atoms with Gasteiger partial charge in [0, 0.05) is 25.2 Å². The first-order chi connectivity index (χ1) is 13.9. The lowest BCUT2D eigenvalue weighted by atomic mass is 10.1. The summed E-state index contributed by atoms with van der Waals surface area (Å²) in [6.45, 7) is 7.21. The average Bonchev–Trinajstić information content (AvgIpc) is 3.31. The van der Waals surface area contributed by atoms with Crippen LogP contribution in [0.5, 0.6) is 0 Å². The quantitative estimate of drug-likeness (QED) is 0.708. The Kier molecular flexibility index (Phi) is 4.92. The van der Waals surface area contributed by atoms with Gasteiger partial charge >= 0.3 is 0 Å². The predicted molar refractivity (Wildman–Crippen MR) is 108 cm³/mol. The van der Waals surface area contributed by atoms with Crippen LogP contribution in [0.15, 0.2) is 35.0 Å². The first kappa shape index (κ1) is 18.9. The molecule has 1 aromatic carbocycles. The van der Waals surface area contributed by atoms with Gasteiger partial charge in [-0.05, 0) is 31.0 Å². The van der Waals surface area contributed by atoms with Gasteiger partial charge in [-0.15, -0.1) is 0 Å². The summed E-state index contributed by atoms with van der Waals surface area (Å²) in [5, 5.41) is 9.81. The standard InChI is InChI=1S/C21H23N5O3/c1-12(2)18-24-21(29-25-18)15-7-4-6-13(3)17(15)23-19(27)14-10-16-20(28)22-8-5-9-26(16)11-14/h4,6-7,10-12H,5,8-9H2,1-3H3,(H,22,28)(H,23,27). The van der Waals surface area contributed by atoms with Gasteiger partial charge in [-0.3, -0.25) is 9.59 Å². The van der Waals surface area contributed by atoms with Crippen LogP contribution in [0.1, 0.15) is 58.4 Å². The Morgan fingerprint density at radius 1 is 1.34 bits per heavy atom. The van der Waals surface area contributed by atoms with Crippen LogP contribution in [0.25, 0.3) is 11.5 Å². The first-order valence-corrected chi connectivity index (χ1v) is 9.67. The summed E-state index contributed by atoms with van der Waals surface area (Å²) in [5.74, 6) is 0.654. The lowest BCUT2D eigenvalue weighted by Gasteiger charge is -2.11. The summed E-state index contributed by atoms with van der Waals surface area (Å²) in [6.07, 6.45) is 2.54. The fraction of sp³-hybridized carbons (Fsp3) is 0.333. The Bertz CT molecular complexity index is 1080. The highest BCUT2D eigenvalue weighted by Crippen LogP contribution is 2.31. The molecule has 3 heterocycles. The highest BCUT2D eigenvalue weighted by Gasteiger charge is 2.22. The third kappa shape index (κ3) is 3.65. The Balaban J connectivity index is 1.65. The van der Waals surface area contributed by atoms with Gasteiger partial charge in [-0.25, -0.2) is 0 Å².